The third-order valence-corrected chi connectivity index (χ3v) is 5.80. The Balaban J connectivity index is 1.91. The van der Waals surface area contributed by atoms with Crippen LogP contribution < -0.4 is 5.32 Å². The number of fused-ring (bicyclic) bond motifs is 1. The van der Waals surface area contributed by atoms with Crippen LogP contribution in [0.3, 0.4) is 0 Å². The van der Waals surface area contributed by atoms with E-state index in [1.807, 2.05) is 0 Å². The van der Waals surface area contributed by atoms with Crippen molar-refractivity contribution >= 4 is 0 Å². The van der Waals surface area contributed by atoms with Crippen molar-refractivity contribution in [1.29, 1.82) is 0 Å². The molecule has 1 saturated heterocycles. The van der Waals surface area contributed by atoms with E-state index in [1.165, 1.54) is 50.6 Å². The molecule has 0 unspecified atom stereocenters. The van der Waals surface area contributed by atoms with E-state index in [1.54, 1.807) is 11.1 Å². The molecule has 1 saturated carbocycles. The second kappa shape index (κ2) is 3.84. The van der Waals surface area contributed by atoms with Crippen LogP contribution in [0.25, 0.3) is 0 Å². The average Bonchev–Trinajstić information content (AvgIpc) is 2.40. The van der Waals surface area contributed by atoms with Gasteiger partial charge in [0.1, 0.15) is 0 Å². The normalized spacial score (nSPS) is 37.8. The lowest BCUT2D eigenvalue weighted by Gasteiger charge is -2.56. The Hall–Kier alpha value is -0.820. The second-order valence-corrected chi connectivity index (χ2v) is 6.68. The molecule has 2 bridgehead atoms. The molecule has 0 amide bonds. The highest BCUT2D eigenvalue weighted by Gasteiger charge is 2.51. The molecule has 3 aliphatic rings. The summed E-state index contributed by atoms with van der Waals surface area (Å²) in [4.78, 5) is 0. The molecular weight excluding hydrogens is 218 g/mol. The van der Waals surface area contributed by atoms with Crippen LogP contribution in [0.5, 0.6) is 0 Å². The molecule has 1 aromatic carbocycles. The van der Waals surface area contributed by atoms with Gasteiger partial charge >= 0.3 is 0 Å². The van der Waals surface area contributed by atoms with Crippen molar-refractivity contribution in [2.45, 2.75) is 56.9 Å². The number of rotatable bonds is 0. The summed E-state index contributed by atoms with van der Waals surface area (Å²) in [6, 6.07) is 7.97. The van der Waals surface area contributed by atoms with E-state index in [0.717, 1.165) is 12.0 Å². The summed E-state index contributed by atoms with van der Waals surface area (Å²) >= 11 is 0. The molecule has 2 fully saturated rings. The van der Waals surface area contributed by atoms with Gasteiger partial charge in [0.25, 0.3) is 0 Å². The molecule has 1 aromatic rings. The Morgan fingerprint density at radius 2 is 2.17 bits per heavy atom. The van der Waals surface area contributed by atoms with Crippen molar-refractivity contribution in [3.05, 3.63) is 34.9 Å². The zero-order chi connectivity index (χ0) is 12.2. The molecular formula is C17H23N. The number of benzene rings is 1. The third-order valence-electron chi connectivity index (χ3n) is 5.80. The van der Waals surface area contributed by atoms with Crippen LogP contribution in [0.15, 0.2) is 18.2 Å². The molecule has 4 rings (SSSR count). The minimum atomic E-state index is 0.535. The van der Waals surface area contributed by atoms with Crippen molar-refractivity contribution < 1.29 is 0 Å². The fourth-order valence-electron chi connectivity index (χ4n) is 5.04. The molecule has 2 aliphatic carbocycles. The highest BCUT2D eigenvalue weighted by Crippen LogP contribution is 2.53. The number of aryl methyl sites for hydroxylation is 1. The van der Waals surface area contributed by atoms with Gasteiger partial charge in [-0.2, -0.15) is 0 Å². The summed E-state index contributed by atoms with van der Waals surface area (Å²) in [6.45, 7) is 3.48. The van der Waals surface area contributed by atoms with Gasteiger partial charge < -0.3 is 5.32 Å². The molecule has 1 aliphatic heterocycles. The van der Waals surface area contributed by atoms with Gasteiger partial charge in [0, 0.05) is 11.5 Å². The largest absolute Gasteiger partial charge is 0.313 e. The van der Waals surface area contributed by atoms with Crippen molar-refractivity contribution in [2.24, 2.45) is 5.92 Å². The van der Waals surface area contributed by atoms with Gasteiger partial charge in [-0.05, 0) is 56.2 Å². The lowest BCUT2D eigenvalue weighted by molar-refractivity contribution is 0.0797. The SMILES string of the molecule is Cc1ccc2c(c1)[C@@]13CCCC[C@@H]1[C@@H](C2)NCC3. The first-order valence-corrected chi connectivity index (χ1v) is 7.63. The predicted octanol–water partition coefficient (Wildman–Crippen LogP) is 3.34. The highest BCUT2D eigenvalue weighted by atomic mass is 15.0. The number of nitrogens with one attached hydrogen (secondary N) is 1. The quantitative estimate of drug-likeness (QED) is 0.734. The maximum absolute atomic E-state index is 3.80. The summed E-state index contributed by atoms with van der Waals surface area (Å²) in [5.74, 6) is 0.911. The molecule has 0 radical (unpaired) electrons. The molecule has 3 atom stereocenters. The molecule has 1 heteroatoms. The highest BCUT2D eigenvalue weighted by molar-refractivity contribution is 5.43. The van der Waals surface area contributed by atoms with Crippen LogP contribution in [0.2, 0.25) is 0 Å². The monoisotopic (exact) mass is 241 g/mol. The van der Waals surface area contributed by atoms with Crippen LogP contribution in [0.1, 0.15) is 48.8 Å². The Morgan fingerprint density at radius 1 is 1.22 bits per heavy atom. The van der Waals surface area contributed by atoms with Gasteiger partial charge in [-0.1, -0.05) is 36.6 Å². The summed E-state index contributed by atoms with van der Waals surface area (Å²) < 4.78 is 0. The lowest BCUT2D eigenvalue weighted by Crippen LogP contribution is -2.59. The van der Waals surface area contributed by atoms with E-state index < -0.39 is 0 Å². The van der Waals surface area contributed by atoms with E-state index in [0.29, 0.717) is 5.41 Å². The van der Waals surface area contributed by atoms with Crippen molar-refractivity contribution in [2.75, 3.05) is 6.54 Å². The predicted molar refractivity (Wildman–Crippen MR) is 74.9 cm³/mol. The first kappa shape index (κ1) is 11.0. The van der Waals surface area contributed by atoms with Gasteiger partial charge in [-0.25, -0.2) is 0 Å². The van der Waals surface area contributed by atoms with E-state index in [2.05, 4.69) is 30.4 Å². The molecule has 18 heavy (non-hydrogen) atoms. The van der Waals surface area contributed by atoms with Crippen molar-refractivity contribution in [1.82, 2.24) is 5.32 Å². The number of hydrogen-bond acceptors (Lipinski definition) is 1. The second-order valence-electron chi connectivity index (χ2n) is 6.68. The van der Waals surface area contributed by atoms with Crippen LogP contribution >= 0.6 is 0 Å². The topological polar surface area (TPSA) is 12.0 Å². The van der Waals surface area contributed by atoms with Crippen LogP contribution in [-0.4, -0.2) is 12.6 Å². The van der Waals surface area contributed by atoms with Gasteiger partial charge in [0.2, 0.25) is 0 Å². The molecule has 0 aromatic heterocycles. The number of hydrogen-bond donors (Lipinski definition) is 1. The Morgan fingerprint density at radius 3 is 3.11 bits per heavy atom. The Labute approximate surface area is 110 Å². The summed E-state index contributed by atoms with van der Waals surface area (Å²) in [5, 5.41) is 3.80. The molecule has 1 N–H and O–H groups in total. The Bertz CT molecular complexity index is 474. The van der Waals surface area contributed by atoms with E-state index in [-0.39, 0.29) is 0 Å². The zero-order valence-corrected chi connectivity index (χ0v) is 11.3. The third kappa shape index (κ3) is 1.37. The fraction of sp³-hybridized carbons (Fsp3) is 0.647. The summed E-state index contributed by atoms with van der Waals surface area (Å²) in [7, 11) is 0. The molecule has 1 nitrogen and oxygen atoms in total. The Kier molecular flexibility index (Phi) is 2.35. The van der Waals surface area contributed by atoms with Gasteiger partial charge in [0.05, 0.1) is 0 Å². The number of piperidine rings is 1. The summed E-state index contributed by atoms with van der Waals surface area (Å²) in [5.41, 5.74) is 5.35. The van der Waals surface area contributed by atoms with Crippen LogP contribution in [0.4, 0.5) is 0 Å². The van der Waals surface area contributed by atoms with Crippen molar-refractivity contribution in [3.8, 4) is 0 Å². The molecule has 1 heterocycles. The van der Waals surface area contributed by atoms with Crippen LogP contribution in [-0.2, 0) is 11.8 Å². The van der Waals surface area contributed by atoms with Gasteiger partial charge in [-0.15, -0.1) is 0 Å². The molecule has 0 spiro atoms. The van der Waals surface area contributed by atoms with E-state index >= 15 is 0 Å². The smallest absolute Gasteiger partial charge is 0.0144 e. The van der Waals surface area contributed by atoms with E-state index in [4.69, 9.17) is 0 Å². The maximum atomic E-state index is 3.80. The minimum absolute atomic E-state index is 0.535. The lowest BCUT2D eigenvalue weighted by atomic mass is 9.53. The first-order chi connectivity index (χ1) is 8.79. The standard InChI is InChI=1S/C17H23N/c1-12-5-6-13-11-16-14-4-2-3-7-17(14,8-9-18-16)15(13)10-12/h5-6,10,14,16,18H,2-4,7-9,11H2,1H3/t14-,16-,17-/m1/s1. The van der Waals surface area contributed by atoms with E-state index in [9.17, 15) is 0 Å². The summed E-state index contributed by atoms with van der Waals surface area (Å²) in [6.07, 6.45) is 8.41. The van der Waals surface area contributed by atoms with Crippen molar-refractivity contribution in [3.63, 3.8) is 0 Å². The average molecular weight is 241 g/mol. The van der Waals surface area contributed by atoms with Gasteiger partial charge in [0.15, 0.2) is 0 Å². The zero-order valence-electron chi connectivity index (χ0n) is 11.3. The van der Waals surface area contributed by atoms with Gasteiger partial charge in [-0.3, -0.25) is 0 Å². The van der Waals surface area contributed by atoms with Crippen LogP contribution in [0, 0.1) is 12.8 Å². The first-order valence-electron chi connectivity index (χ1n) is 7.63. The minimum Gasteiger partial charge on any atom is -0.313 e. The fourth-order valence-corrected chi connectivity index (χ4v) is 5.04. The molecule has 96 valence electrons. The maximum Gasteiger partial charge on any atom is 0.0144 e.